The number of rotatable bonds is 7. The molecule has 5 heteroatoms. The summed E-state index contributed by atoms with van der Waals surface area (Å²) in [5.74, 6) is -1.89. The van der Waals surface area contributed by atoms with Crippen molar-refractivity contribution in [1.82, 2.24) is 5.32 Å². The molecule has 0 spiro atoms. The summed E-state index contributed by atoms with van der Waals surface area (Å²) in [5.41, 5.74) is 1.36. The third-order valence-corrected chi connectivity index (χ3v) is 3.46. The summed E-state index contributed by atoms with van der Waals surface area (Å²) >= 11 is 0. The zero-order chi connectivity index (χ0) is 17.4. The van der Waals surface area contributed by atoms with Crippen molar-refractivity contribution in [3.05, 3.63) is 77.9 Å². The molecular formula is C19H19NO4. The maximum Gasteiger partial charge on any atom is 0.326 e. The van der Waals surface area contributed by atoms with E-state index in [0.29, 0.717) is 5.56 Å². The van der Waals surface area contributed by atoms with Gasteiger partial charge in [-0.15, -0.1) is 0 Å². The summed E-state index contributed by atoms with van der Waals surface area (Å²) in [6, 6.07) is 16.7. The fraction of sp³-hybridized carbons (Fsp3) is 0.158. The number of hydrogen-bond acceptors (Lipinski definition) is 3. The average molecular weight is 325 g/mol. The van der Waals surface area contributed by atoms with E-state index in [1.807, 2.05) is 30.3 Å². The second-order valence-corrected chi connectivity index (χ2v) is 5.26. The number of benzene rings is 2. The first-order chi connectivity index (χ1) is 11.6. The monoisotopic (exact) mass is 325 g/mol. The highest BCUT2D eigenvalue weighted by Gasteiger charge is 2.23. The maximum absolute atomic E-state index is 12.0. The third kappa shape index (κ3) is 5.07. The largest absolute Gasteiger partial charge is 0.480 e. The molecule has 24 heavy (non-hydrogen) atoms. The number of amides is 1. The van der Waals surface area contributed by atoms with E-state index in [1.54, 1.807) is 42.5 Å². The van der Waals surface area contributed by atoms with Crippen molar-refractivity contribution in [3.8, 4) is 0 Å². The zero-order valence-electron chi connectivity index (χ0n) is 13.0. The molecule has 5 nitrogen and oxygen atoms in total. The Bertz CT molecular complexity index is 698. The number of nitrogens with one attached hydrogen (secondary N) is 1. The fourth-order valence-corrected chi connectivity index (χ4v) is 2.16. The Morgan fingerprint density at radius 3 is 2.17 bits per heavy atom. The van der Waals surface area contributed by atoms with Crippen molar-refractivity contribution in [2.75, 3.05) is 0 Å². The molecule has 0 saturated carbocycles. The predicted molar refractivity (Wildman–Crippen MR) is 91.1 cm³/mol. The molecule has 1 amide bonds. The summed E-state index contributed by atoms with van der Waals surface area (Å²) < 4.78 is 0. The van der Waals surface area contributed by atoms with Gasteiger partial charge >= 0.3 is 5.97 Å². The van der Waals surface area contributed by atoms with E-state index in [0.717, 1.165) is 5.56 Å². The molecule has 0 aliphatic heterocycles. The molecule has 2 rings (SSSR count). The highest BCUT2D eigenvalue weighted by molar-refractivity contribution is 5.87. The Labute approximate surface area is 140 Å². The summed E-state index contributed by atoms with van der Waals surface area (Å²) in [6.45, 7) is 0. The maximum atomic E-state index is 12.0. The highest BCUT2D eigenvalue weighted by Crippen LogP contribution is 2.13. The van der Waals surface area contributed by atoms with Gasteiger partial charge in [0.25, 0.3) is 5.91 Å². The van der Waals surface area contributed by atoms with Crippen LogP contribution in [0.3, 0.4) is 0 Å². The number of aliphatic hydroxyl groups excluding tert-OH is 1. The first-order valence-corrected chi connectivity index (χ1v) is 7.55. The number of carboxylic acid groups (broad SMARTS) is 1. The van der Waals surface area contributed by atoms with Crippen LogP contribution in [0.4, 0.5) is 0 Å². The lowest BCUT2D eigenvalue weighted by molar-refractivity contribution is -0.143. The molecule has 0 aliphatic rings. The Morgan fingerprint density at radius 1 is 1.00 bits per heavy atom. The van der Waals surface area contributed by atoms with Crippen molar-refractivity contribution in [2.24, 2.45) is 0 Å². The summed E-state index contributed by atoms with van der Waals surface area (Å²) in [5, 5.41) is 21.6. The average Bonchev–Trinajstić information content (AvgIpc) is 2.61. The molecule has 0 bridgehead atoms. The smallest absolute Gasteiger partial charge is 0.326 e. The molecule has 124 valence electrons. The Morgan fingerprint density at radius 2 is 1.58 bits per heavy atom. The minimum Gasteiger partial charge on any atom is -0.480 e. The van der Waals surface area contributed by atoms with Gasteiger partial charge in [-0.1, -0.05) is 72.8 Å². The zero-order valence-corrected chi connectivity index (χ0v) is 13.0. The van der Waals surface area contributed by atoms with Crippen LogP contribution in [0.1, 0.15) is 23.7 Å². The van der Waals surface area contributed by atoms with Crippen molar-refractivity contribution in [2.45, 2.75) is 18.6 Å². The molecule has 0 aromatic heterocycles. The standard InChI is InChI=1S/C19H19NO4/c21-17(15-11-5-2-6-12-15)18(22)20-16(19(23)24)13-7-10-14-8-3-1-4-9-14/h1-12,16-17,21H,13H2,(H,20,22)(H,23,24)/b10-7+/t16-,17-/m0/s1. The van der Waals surface area contributed by atoms with Gasteiger partial charge in [-0.05, 0) is 17.5 Å². The second-order valence-electron chi connectivity index (χ2n) is 5.26. The molecule has 0 fully saturated rings. The lowest BCUT2D eigenvalue weighted by atomic mass is 10.1. The number of carbonyl (C=O) groups excluding carboxylic acids is 1. The minimum absolute atomic E-state index is 0.122. The number of aliphatic hydroxyl groups is 1. The van der Waals surface area contributed by atoms with Crippen molar-refractivity contribution < 1.29 is 19.8 Å². The first-order valence-electron chi connectivity index (χ1n) is 7.55. The molecule has 0 radical (unpaired) electrons. The number of carbonyl (C=O) groups is 2. The van der Waals surface area contributed by atoms with Gasteiger partial charge in [-0.3, -0.25) is 4.79 Å². The highest BCUT2D eigenvalue weighted by atomic mass is 16.4. The van der Waals surface area contributed by atoms with E-state index < -0.39 is 24.0 Å². The fourth-order valence-electron chi connectivity index (χ4n) is 2.16. The van der Waals surface area contributed by atoms with Gasteiger partial charge in [-0.2, -0.15) is 0 Å². The van der Waals surface area contributed by atoms with Crippen LogP contribution in [-0.4, -0.2) is 28.1 Å². The third-order valence-electron chi connectivity index (χ3n) is 3.46. The van der Waals surface area contributed by atoms with Crippen molar-refractivity contribution in [1.29, 1.82) is 0 Å². The van der Waals surface area contributed by atoms with E-state index in [-0.39, 0.29) is 6.42 Å². The van der Waals surface area contributed by atoms with Crippen LogP contribution < -0.4 is 5.32 Å². The van der Waals surface area contributed by atoms with E-state index in [4.69, 9.17) is 0 Å². The molecule has 0 heterocycles. The van der Waals surface area contributed by atoms with Crippen molar-refractivity contribution in [3.63, 3.8) is 0 Å². The van der Waals surface area contributed by atoms with Gasteiger partial charge in [0.1, 0.15) is 6.04 Å². The number of hydrogen-bond donors (Lipinski definition) is 3. The predicted octanol–water partition coefficient (Wildman–Crippen LogP) is 2.39. The Hall–Kier alpha value is -2.92. The van der Waals surface area contributed by atoms with Crippen LogP contribution in [0.15, 0.2) is 66.7 Å². The minimum atomic E-state index is -1.40. The lowest BCUT2D eigenvalue weighted by Gasteiger charge is -2.16. The molecule has 0 aliphatic carbocycles. The van der Waals surface area contributed by atoms with Gasteiger partial charge in [0.15, 0.2) is 6.10 Å². The van der Waals surface area contributed by atoms with Gasteiger partial charge in [0.05, 0.1) is 0 Å². The van der Waals surface area contributed by atoms with Crippen LogP contribution in [0.2, 0.25) is 0 Å². The molecule has 0 unspecified atom stereocenters. The summed E-state index contributed by atoms with van der Waals surface area (Å²) in [6.07, 6.45) is 2.20. The summed E-state index contributed by atoms with van der Waals surface area (Å²) in [7, 11) is 0. The molecule has 2 aromatic rings. The van der Waals surface area contributed by atoms with E-state index >= 15 is 0 Å². The SMILES string of the molecule is O=C(O)[C@H](C/C=C/c1ccccc1)NC(=O)[C@@H](O)c1ccccc1. The van der Waals surface area contributed by atoms with Crippen LogP contribution in [0, 0.1) is 0 Å². The molecule has 2 aromatic carbocycles. The normalized spacial score (nSPS) is 13.4. The number of aliphatic carboxylic acids is 1. The quantitative estimate of drug-likeness (QED) is 0.729. The molecule has 0 saturated heterocycles. The van der Waals surface area contributed by atoms with Gasteiger partial charge in [0, 0.05) is 0 Å². The first kappa shape index (κ1) is 17.4. The van der Waals surface area contributed by atoms with Gasteiger partial charge in [-0.25, -0.2) is 4.79 Å². The van der Waals surface area contributed by atoms with Gasteiger partial charge < -0.3 is 15.5 Å². The number of carboxylic acids is 1. The van der Waals surface area contributed by atoms with E-state index in [1.165, 1.54) is 0 Å². The van der Waals surface area contributed by atoms with Crippen LogP contribution in [-0.2, 0) is 9.59 Å². The Kier molecular flexibility index (Phi) is 6.28. The summed E-state index contributed by atoms with van der Waals surface area (Å²) in [4.78, 5) is 23.3. The molecular weight excluding hydrogens is 306 g/mol. The topological polar surface area (TPSA) is 86.6 Å². The lowest BCUT2D eigenvalue weighted by Crippen LogP contribution is -2.42. The van der Waals surface area contributed by atoms with Crippen LogP contribution >= 0.6 is 0 Å². The van der Waals surface area contributed by atoms with Gasteiger partial charge in [0.2, 0.25) is 0 Å². The molecule has 2 atom stereocenters. The van der Waals surface area contributed by atoms with Crippen LogP contribution in [0.5, 0.6) is 0 Å². The van der Waals surface area contributed by atoms with Crippen LogP contribution in [0.25, 0.3) is 6.08 Å². The Balaban J connectivity index is 1.97. The second kappa shape index (κ2) is 8.64. The van der Waals surface area contributed by atoms with E-state index in [9.17, 15) is 19.8 Å². The van der Waals surface area contributed by atoms with Crippen molar-refractivity contribution >= 4 is 18.0 Å². The molecule has 3 N–H and O–H groups in total. The van der Waals surface area contributed by atoms with E-state index in [2.05, 4.69) is 5.32 Å².